The fraction of sp³-hybridized carbons (Fsp3) is 0.154. The van der Waals surface area contributed by atoms with Gasteiger partial charge in [-0.15, -0.1) is 0 Å². The first kappa shape index (κ1) is 18.6. The fourth-order valence-electron chi connectivity index (χ4n) is 4.60. The lowest BCUT2D eigenvalue weighted by molar-refractivity contribution is 0.0850. The van der Waals surface area contributed by atoms with E-state index in [2.05, 4.69) is 0 Å². The number of para-hydroxylation sites is 1. The van der Waals surface area contributed by atoms with Gasteiger partial charge in [-0.05, 0) is 42.7 Å². The Kier molecular flexibility index (Phi) is 4.13. The third-order valence-corrected chi connectivity index (χ3v) is 6.52. The summed E-state index contributed by atoms with van der Waals surface area (Å²) in [7, 11) is 0. The van der Waals surface area contributed by atoms with E-state index in [-0.39, 0.29) is 11.9 Å². The molecule has 2 heterocycles. The van der Waals surface area contributed by atoms with Gasteiger partial charge in [0.05, 0.1) is 11.4 Å². The van der Waals surface area contributed by atoms with Crippen LogP contribution in [-0.2, 0) is 11.2 Å². The van der Waals surface area contributed by atoms with E-state index in [4.69, 9.17) is 21.4 Å². The van der Waals surface area contributed by atoms with E-state index in [1.165, 1.54) is 0 Å². The van der Waals surface area contributed by atoms with Crippen LogP contribution in [0, 0.1) is 0 Å². The smallest absolute Gasteiger partial charge is 0.198 e. The van der Waals surface area contributed by atoms with Gasteiger partial charge in [-0.3, -0.25) is 4.79 Å². The van der Waals surface area contributed by atoms with Crippen LogP contribution in [0.5, 0.6) is 0 Å². The Labute approximate surface area is 185 Å². The molecule has 1 aliphatic heterocycles. The lowest BCUT2D eigenvalue weighted by atomic mass is 9.79. The van der Waals surface area contributed by atoms with Gasteiger partial charge in [0.15, 0.2) is 11.4 Å². The molecule has 1 spiro atoms. The zero-order valence-corrected chi connectivity index (χ0v) is 17.4. The molecule has 6 rings (SSSR count). The minimum absolute atomic E-state index is 0.0777. The van der Waals surface area contributed by atoms with Gasteiger partial charge in [0, 0.05) is 27.9 Å². The summed E-state index contributed by atoms with van der Waals surface area (Å²) in [5, 5.41) is 5.54. The number of fused-ring (bicyclic) bond motifs is 1. The number of ketones is 1. The van der Waals surface area contributed by atoms with E-state index in [0.29, 0.717) is 11.4 Å². The summed E-state index contributed by atoms with van der Waals surface area (Å²) in [5.74, 6) is 0.0777. The SMILES string of the molecule is O=C1c2ccccc2CCC12OC2c1cn(-c2ccccc2)nc1-c1ccc(Cl)cc1. The fourth-order valence-corrected chi connectivity index (χ4v) is 4.73. The van der Waals surface area contributed by atoms with E-state index < -0.39 is 5.60 Å². The van der Waals surface area contributed by atoms with Crippen LogP contribution in [0.3, 0.4) is 0 Å². The second-order valence-corrected chi connectivity index (χ2v) is 8.53. The molecular weight excluding hydrogens is 408 g/mol. The van der Waals surface area contributed by atoms with Crippen molar-refractivity contribution in [3.63, 3.8) is 0 Å². The van der Waals surface area contributed by atoms with Crippen LogP contribution < -0.4 is 0 Å². The molecule has 0 saturated carbocycles. The van der Waals surface area contributed by atoms with Crippen LogP contribution in [0.4, 0.5) is 0 Å². The highest BCUT2D eigenvalue weighted by molar-refractivity contribution is 6.30. The molecule has 152 valence electrons. The predicted octanol–water partition coefficient (Wildman–Crippen LogP) is 5.83. The molecular formula is C26H19ClN2O2. The topological polar surface area (TPSA) is 47.4 Å². The van der Waals surface area contributed by atoms with Crippen molar-refractivity contribution in [2.45, 2.75) is 24.5 Å². The van der Waals surface area contributed by atoms with Crippen molar-refractivity contribution < 1.29 is 9.53 Å². The molecule has 2 atom stereocenters. The number of epoxide rings is 1. The molecule has 1 saturated heterocycles. The monoisotopic (exact) mass is 426 g/mol. The zero-order valence-electron chi connectivity index (χ0n) is 16.7. The summed E-state index contributed by atoms with van der Waals surface area (Å²) in [5.41, 5.74) is 4.74. The molecule has 4 nitrogen and oxygen atoms in total. The van der Waals surface area contributed by atoms with E-state index >= 15 is 0 Å². The molecule has 3 aromatic carbocycles. The van der Waals surface area contributed by atoms with Crippen molar-refractivity contribution in [1.29, 1.82) is 0 Å². The van der Waals surface area contributed by atoms with Gasteiger partial charge in [-0.1, -0.05) is 66.2 Å². The standard InChI is InChI=1S/C26H19ClN2O2/c27-19-12-10-18(11-13-19)23-22(16-29(28-23)20-7-2-1-3-8-20)25-26(31-25)15-14-17-6-4-5-9-21(17)24(26)30/h1-13,16,25H,14-15H2. The Hall–Kier alpha value is -3.21. The van der Waals surface area contributed by atoms with E-state index in [1.807, 2.05) is 89.7 Å². The number of ether oxygens (including phenoxy) is 1. The summed E-state index contributed by atoms with van der Waals surface area (Å²) >= 11 is 6.10. The molecule has 5 heteroatoms. The Morgan fingerprint density at radius 2 is 1.71 bits per heavy atom. The number of hydrogen-bond donors (Lipinski definition) is 0. The Morgan fingerprint density at radius 3 is 2.52 bits per heavy atom. The molecule has 4 aromatic rings. The highest BCUT2D eigenvalue weighted by Crippen LogP contribution is 2.57. The van der Waals surface area contributed by atoms with Crippen molar-refractivity contribution >= 4 is 17.4 Å². The van der Waals surface area contributed by atoms with E-state index in [0.717, 1.165) is 40.1 Å². The molecule has 31 heavy (non-hydrogen) atoms. The van der Waals surface area contributed by atoms with Gasteiger partial charge in [0.2, 0.25) is 0 Å². The third-order valence-electron chi connectivity index (χ3n) is 6.27. The van der Waals surface area contributed by atoms with Gasteiger partial charge < -0.3 is 4.74 Å². The minimum atomic E-state index is -0.792. The molecule has 1 aromatic heterocycles. The molecule has 0 bridgehead atoms. The van der Waals surface area contributed by atoms with E-state index in [9.17, 15) is 4.79 Å². The first-order valence-electron chi connectivity index (χ1n) is 10.4. The number of rotatable bonds is 3. The highest BCUT2D eigenvalue weighted by atomic mass is 35.5. The predicted molar refractivity (Wildman–Crippen MR) is 120 cm³/mol. The summed E-state index contributed by atoms with van der Waals surface area (Å²) in [6.07, 6.45) is 3.20. The number of hydrogen-bond acceptors (Lipinski definition) is 3. The van der Waals surface area contributed by atoms with Gasteiger partial charge in [0.25, 0.3) is 0 Å². The molecule has 2 unspecified atom stereocenters. The number of aromatic nitrogens is 2. The van der Waals surface area contributed by atoms with Crippen molar-refractivity contribution in [2.24, 2.45) is 0 Å². The van der Waals surface area contributed by atoms with Crippen LogP contribution in [0.25, 0.3) is 16.9 Å². The number of Topliss-reactive ketones (excluding diaryl/α,β-unsaturated/α-hetero) is 1. The van der Waals surface area contributed by atoms with Gasteiger partial charge in [-0.2, -0.15) is 5.10 Å². The van der Waals surface area contributed by atoms with Gasteiger partial charge >= 0.3 is 0 Å². The van der Waals surface area contributed by atoms with Crippen LogP contribution >= 0.6 is 11.6 Å². The third kappa shape index (κ3) is 2.94. The quantitative estimate of drug-likeness (QED) is 0.387. The second kappa shape index (κ2) is 6.91. The van der Waals surface area contributed by atoms with Crippen LogP contribution in [0.1, 0.15) is 34.0 Å². The van der Waals surface area contributed by atoms with Crippen molar-refractivity contribution in [3.8, 4) is 16.9 Å². The van der Waals surface area contributed by atoms with Crippen LogP contribution in [0.15, 0.2) is 85.1 Å². The number of halogens is 1. The van der Waals surface area contributed by atoms with E-state index in [1.54, 1.807) is 0 Å². The number of carbonyl (C=O) groups excluding carboxylic acids is 1. The first-order chi connectivity index (χ1) is 15.2. The Balaban J connectivity index is 1.44. The van der Waals surface area contributed by atoms with Crippen LogP contribution in [0.2, 0.25) is 5.02 Å². The summed E-state index contributed by atoms with van der Waals surface area (Å²) in [6.45, 7) is 0. The first-order valence-corrected chi connectivity index (χ1v) is 10.7. The van der Waals surface area contributed by atoms with Crippen molar-refractivity contribution in [1.82, 2.24) is 9.78 Å². The van der Waals surface area contributed by atoms with Gasteiger partial charge in [0.1, 0.15) is 6.10 Å². The maximum atomic E-state index is 13.4. The van der Waals surface area contributed by atoms with Crippen molar-refractivity contribution in [3.05, 3.63) is 107 Å². The molecule has 1 fully saturated rings. The van der Waals surface area contributed by atoms with Gasteiger partial charge in [-0.25, -0.2) is 4.68 Å². The molecule has 0 N–H and O–H groups in total. The largest absolute Gasteiger partial charge is 0.352 e. The number of aryl methyl sites for hydroxylation is 1. The van der Waals surface area contributed by atoms with Crippen molar-refractivity contribution in [2.75, 3.05) is 0 Å². The summed E-state index contributed by atoms with van der Waals surface area (Å²) in [6, 6.07) is 25.4. The minimum Gasteiger partial charge on any atom is -0.352 e. The Morgan fingerprint density at radius 1 is 0.968 bits per heavy atom. The molecule has 2 aliphatic rings. The number of benzene rings is 3. The lowest BCUT2D eigenvalue weighted by Crippen LogP contribution is -2.31. The normalized spacial score (nSPS) is 21.8. The second-order valence-electron chi connectivity index (χ2n) is 8.09. The average Bonchev–Trinajstić information content (AvgIpc) is 3.37. The highest BCUT2D eigenvalue weighted by Gasteiger charge is 2.64. The molecule has 0 radical (unpaired) electrons. The van der Waals surface area contributed by atoms with Crippen LogP contribution in [-0.4, -0.2) is 21.2 Å². The lowest BCUT2D eigenvalue weighted by Gasteiger charge is -2.20. The maximum absolute atomic E-state index is 13.4. The zero-order chi connectivity index (χ0) is 21.0. The Bertz CT molecular complexity index is 1300. The molecule has 0 amide bonds. The summed E-state index contributed by atoms with van der Waals surface area (Å²) < 4.78 is 8.06. The number of carbonyl (C=O) groups is 1. The summed E-state index contributed by atoms with van der Waals surface area (Å²) in [4.78, 5) is 13.4. The molecule has 1 aliphatic carbocycles. The average molecular weight is 427 g/mol. The maximum Gasteiger partial charge on any atom is 0.198 e. The number of nitrogens with zero attached hydrogens (tertiary/aromatic N) is 2.